The molecule has 6 rings (SSSR count). The molecule has 2 aliphatic heterocycles. The van der Waals surface area contributed by atoms with E-state index in [1.165, 1.54) is 10.8 Å². The zero-order valence-electron chi connectivity index (χ0n) is 20.4. The predicted molar refractivity (Wildman–Crippen MR) is 138 cm³/mol. The molecule has 1 aromatic carbocycles. The number of fused-ring (bicyclic) bond motifs is 3. The first-order valence-corrected chi connectivity index (χ1v) is 12.8. The maximum Gasteiger partial charge on any atom is 0.301 e. The quantitative estimate of drug-likeness (QED) is 0.440. The number of hydrogen-bond donors (Lipinski definition) is 3. The second-order valence-electron chi connectivity index (χ2n) is 10.1. The van der Waals surface area contributed by atoms with Gasteiger partial charge < -0.3 is 29.9 Å². The van der Waals surface area contributed by atoms with Gasteiger partial charge >= 0.3 is 5.92 Å². The van der Waals surface area contributed by atoms with Crippen LogP contribution in [-0.4, -0.2) is 63.6 Å². The number of pyridine rings is 1. The maximum absolute atomic E-state index is 14.9. The second kappa shape index (κ2) is 9.19. The van der Waals surface area contributed by atoms with Gasteiger partial charge in [0.05, 0.1) is 42.6 Å². The molecule has 4 heterocycles. The fourth-order valence-electron chi connectivity index (χ4n) is 5.28. The van der Waals surface area contributed by atoms with E-state index in [0.717, 1.165) is 0 Å². The van der Waals surface area contributed by atoms with E-state index < -0.39 is 36.3 Å². The highest BCUT2D eigenvalue weighted by Crippen LogP contribution is 2.45. The van der Waals surface area contributed by atoms with Crippen molar-refractivity contribution in [1.82, 2.24) is 14.5 Å². The highest BCUT2D eigenvalue weighted by molar-refractivity contribution is 6.33. The zero-order chi connectivity index (χ0) is 26.8. The Balaban J connectivity index is 1.39. The number of halogens is 4. The summed E-state index contributed by atoms with van der Waals surface area (Å²) in [6, 6.07) is 3.52. The van der Waals surface area contributed by atoms with Crippen LogP contribution in [0.1, 0.15) is 19.3 Å². The third-order valence-electron chi connectivity index (χ3n) is 7.44. The number of aryl methyl sites for hydroxylation is 1. The molecule has 3 aromatic rings. The molecule has 1 aliphatic carbocycles. The fourth-order valence-corrected chi connectivity index (χ4v) is 5.42. The van der Waals surface area contributed by atoms with E-state index in [4.69, 9.17) is 16.3 Å². The molecular weight excluding hydrogens is 525 g/mol. The Morgan fingerprint density at radius 1 is 1.34 bits per heavy atom. The molecule has 3 aliphatic rings. The number of anilines is 4. The van der Waals surface area contributed by atoms with Crippen molar-refractivity contribution in [2.24, 2.45) is 13.0 Å². The summed E-state index contributed by atoms with van der Waals surface area (Å²) < 4.78 is 50.5. The Hall–Kier alpha value is -3.25. The lowest BCUT2D eigenvalue weighted by atomic mass is 10.0. The summed E-state index contributed by atoms with van der Waals surface area (Å²) >= 11 is 6.35. The molecule has 0 bridgehead atoms. The molecule has 2 aromatic heterocycles. The van der Waals surface area contributed by atoms with Crippen LogP contribution < -0.4 is 25.8 Å². The summed E-state index contributed by atoms with van der Waals surface area (Å²) in [6.45, 7) is -1.06. The van der Waals surface area contributed by atoms with Gasteiger partial charge in [-0.15, -0.1) is 0 Å². The van der Waals surface area contributed by atoms with Crippen molar-refractivity contribution in [2.45, 2.75) is 43.4 Å². The number of hydrogen-bond acceptors (Lipinski definition) is 8. The van der Waals surface area contributed by atoms with Crippen LogP contribution in [-0.2, 0) is 7.05 Å². The lowest BCUT2D eigenvalue weighted by Gasteiger charge is -2.25. The Morgan fingerprint density at radius 2 is 2.13 bits per heavy atom. The molecule has 13 heteroatoms. The van der Waals surface area contributed by atoms with Gasteiger partial charge in [0.15, 0.2) is 12.4 Å². The van der Waals surface area contributed by atoms with Gasteiger partial charge in [-0.2, -0.15) is 4.98 Å². The summed E-state index contributed by atoms with van der Waals surface area (Å²) in [5, 5.41) is 16.4. The number of aliphatic hydroxyl groups excluding tert-OH is 1. The van der Waals surface area contributed by atoms with Crippen LogP contribution in [0.15, 0.2) is 29.2 Å². The van der Waals surface area contributed by atoms with Crippen molar-refractivity contribution in [1.29, 1.82) is 0 Å². The molecule has 3 atom stereocenters. The minimum atomic E-state index is -3.14. The lowest BCUT2D eigenvalue weighted by molar-refractivity contribution is -0.0579. The van der Waals surface area contributed by atoms with E-state index in [-0.39, 0.29) is 53.7 Å². The molecule has 1 saturated carbocycles. The molecule has 2 fully saturated rings. The van der Waals surface area contributed by atoms with E-state index in [0.29, 0.717) is 29.4 Å². The summed E-state index contributed by atoms with van der Waals surface area (Å²) in [5.74, 6) is -3.02. The van der Waals surface area contributed by atoms with Crippen molar-refractivity contribution in [3.63, 3.8) is 0 Å². The zero-order valence-corrected chi connectivity index (χ0v) is 21.2. The Bertz CT molecular complexity index is 1470. The van der Waals surface area contributed by atoms with Gasteiger partial charge in [-0.25, -0.2) is 18.2 Å². The van der Waals surface area contributed by atoms with E-state index in [9.17, 15) is 23.1 Å². The van der Waals surface area contributed by atoms with Gasteiger partial charge in [0.1, 0.15) is 11.2 Å². The summed E-state index contributed by atoms with van der Waals surface area (Å²) in [7, 11) is 1.56. The minimum absolute atomic E-state index is 0.0565. The molecular formula is C25H26ClF3N6O3. The summed E-state index contributed by atoms with van der Waals surface area (Å²) in [5.41, 5.74) is 0.773. The number of aliphatic hydroxyl groups is 1. The first-order valence-electron chi connectivity index (χ1n) is 12.4. The van der Waals surface area contributed by atoms with Crippen LogP contribution >= 0.6 is 11.6 Å². The summed E-state index contributed by atoms with van der Waals surface area (Å²) in [4.78, 5) is 23.3. The van der Waals surface area contributed by atoms with Gasteiger partial charge in [0.2, 0.25) is 11.7 Å². The van der Waals surface area contributed by atoms with E-state index in [2.05, 4.69) is 20.6 Å². The number of nitrogens with zero attached hydrogens (tertiary/aromatic N) is 4. The van der Waals surface area contributed by atoms with Crippen molar-refractivity contribution in [3.8, 4) is 5.75 Å². The molecule has 9 nitrogen and oxygen atoms in total. The second-order valence-corrected chi connectivity index (χ2v) is 10.5. The highest BCUT2D eigenvalue weighted by atomic mass is 35.5. The van der Waals surface area contributed by atoms with Crippen molar-refractivity contribution >= 4 is 45.6 Å². The van der Waals surface area contributed by atoms with Crippen molar-refractivity contribution < 1.29 is 23.0 Å². The topological polar surface area (TPSA) is 105 Å². The Kier molecular flexibility index (Phi) is 6.06. The van der Waals surface area contributed by atoms with Crippen LogP contribution in [0.5, 0.6) is 5.75 Å². The lowest BCUT2D eigenvalue weighted by Crippen LogP contribution is -2.44. The van der Waals surface area contributed by atoms with Crippen LogP contribution in [0.2, 0.25) is 5.02 Å². The molecule has 1 saturated heterocycles. The van der Waals surface area contributed by atoms with Crippen LogP contribution in [0.25, 0.3) is 10.9 Å². The molecule has 3 N–H and O–H groups in total. The van der Waals surface area contributed by atoms with Gasteiger partial charge in [-0.05, 0) is 37.0 Å². The molecule has 0 radical (unpaired) electrons. The molecule has 0 spiro atoms. The van der Waals surface area contributed by atoms with Crippen molar-refractivity contribution in [3.05, 3.63) is 39.8 Å². The number of nitrogens with one attached hydrogen (secondary N) is 2. The van der Waals surface area contributed by atoms with Crippen LogP contribution in [0.4, 0.5) is 36.3 Å². The van der Waals surface area contributed by atoms with Crippen LogP contribution in [0.3, 0.4) is 0 Å². The number of ether oxygens (including phenoxy) is 1. The Labute approximate surface area is 220 Å². The largest absolute Gasteiger partial charge is 0.480 e. The third-order valence-corrected chi connectivity index (χ3v) is 7.71. The maximum atomic E-state index is 14.9. The minimum Gasteiger partial charge on any atom is -0.480 e. The monoisotopic (exact) mass is 550 g/mol. The number of aromatic nitrogens is 3. The smallest absolute Gasteiger partial charge is 0.301 e. The molecule has 1 unspecified atom stereocenters. The number of rotatable bonds is 5. The van der Waals surface area contributed by atoms with Crippen LogP contribution in [0, 0.1) is 5.92 Å². The average molecular weight is 551 g/mol. The Morgan fingerprint density at radius 3 is 2.87 bits per heavy atom. The van der Waals surface area contributed by atoms with Crippen molar-refractivity contribution in [2.75, 3.05) is 35.3 Å². The van der Waals surface area contributed by atoms with E-state index in [1.807, 2.05) is 0 Å². The van der Waals surface area contributed by atoms with Gasteiger partial charge in [0.25, 0.3) is 5.56 Å². The standard InChI is InChI=1S/C25H26ClF3N6O3/c1-34-18-5-4-14(31-22-17(26)8-30-24(33-22)35-9-13(27)6-15(35)10-36)7-16(18)19-20(23(34)37)38-11-25(28,29)21(32-19)12-2-3-12/h4-5,7-8,12-13,15,21,32,36H,2-3,6,9-11H2,1H3,(H,30,31,33)/t13-,15+,21?/m1/s1. The normalized spacial score (nSPS) is 24.5. The number of alkyl halides is 3. The van der Waals surface area contributed by atoms with E-state index in [1.54, 1.807) is 30.1 Å². The average Bonchev–Trinajstić information content (AvgIpc) is 3.67. The number of benzene rings is 1. The summed E-state index contributed by atoms with van der Waals surface area (Å²) in [6.07, 6.45) is 1.83. The van der Waals surface area contributed by atoms with E-state index >= 15 is 0 Å². The molecule has 0 amide bonds. The SMILES string of the molecule is Cn1c(=O)c2c(c3cc(Nc4nc(N5C[C@H](F)C[C@H]5CO)ncc4Cl)ccc31)NC(C1CC1)C(F)(F)CO2. The third kappa shape index (κ3) is 4.29. The predicted octanol–water partition coefficient (Wildman–Crippen LogP) is 3.85. The van der Waals surface area contributed by atoms with Gasteiger partial charge in [-0.1, -0.05) is 11.6 Å². The fraction of sp³-hybridized carbons (Fsp3) is 0.480. The molecule has 202 valence electrons. The molecule has 38 heavy (non-hydrogen) atoms. The highest BCUT2D eigenvalue weighted by Gasteiger charge is 2.51. The van der Waals surface area contributed by atoms with Gasteiger partial charge in [-0.3, -0.25) is 4.79 Å². The first-order chi connectivity index (χ1) is 18.2. The van der Waals surface area contributed by atoms with Gasteiger partial charge in [0, 0.05) is 24.5 Å². The first kappa shape index (κ1) is 25.1.